The summed E-state index contributed by atoms with van der Waals surface area (Å²) in [5.41, 5.74) is 2.94. The number of aromatic nitrogens is 4. The summed E-state index contributed by atoms with van der Waals surface area (Å²) in [5, 5.41) is 13.0. The number of hydrogen-bond acceptors (Lipinski definition) is 7. The van der Waals surface area contributed by atoms with Gasteiger partial charge in [-0.25, -0.2) is 14.5 Å². The highest BCUT2D eigenvalue weighted by Crippen LogP contribution is 2.41. The number of nitrogens with zero attached hydrogens (tertiary/aromatic N) is 4. The summed E-state index contributed by atoms with van der Waals surface area (Å²) in [4.78, 5) is 22.6. The van der Waals surface area contributed by atoms with Crippen molar-refractivity contribution in [3.05, 3.63) is 126 Å². The van der Waals surface area contributed by atoms with E-state index in [2.05, 4.69) is 41.4 Å². The first-order chi connectivity index (χ1) is 23.5. The molecule has 0 fully saturated rings. The first-order valence-electron chi connectivity index (χ1n) is 16.1. The van der Waals surface area contributed by atoms with Gasteiger partial charge in [-0.15, -0.1) is 0 Å². The Morgan fingerprint density at radius 2 is 1.59 bits per heavy atom. The Bertz CT molecular complexity index is 2140. The standard InChI is InChI=1S/C38H39N6O4P/c1-6-47-49(5,46)28-18-16-27(17-19-28)44-35(25-33(43-44)38(2,3)4)42-37(45)40-31-20-21-32(30-15-11-10-14-29(30)31)48-36-22-23-39-34(41-36)24-26-12-8-7-9-13-26/h7-23,25H,6,24H2,1-5H3,(H2,40,42,45). The van der Waals surface area contributed by atoms with Crippen molar-refractivity contribution in [1.82, 2.24) is 19.7 Å². The molecule has 6 aromatic rings. The quantitative estimate of drug-likeness (QED) is 0.140. The van der Waals surface area contributed by atoms with E-state index in [1.54, 1.807) is 41.8 Å². The minimum atomic E-state index is -2.94. The minimum Gasteiger partial charge on any atom is -0.438 e. The van der Waals surface area contributed by atoms with Crippen molar-refractivity contribution in [2.45, 2.75) is 39.5 Å². The minimum absolute atomic E-state index is 0.274. The number of carbonyl (C=O) groups excluding carboxylic acids is 1. The van der Waals surface area contributed by atoms with Gasteiger partial charge in [0, 0.05) is 52.9 Å². The Kier molecular flexibility index (Phi) is 9.62. The molecule has 1 unspecified atom stereocenters. The normalized spacial score (nSPS) is 12.8. The van der Waals surface area contributed by atoms with Crippen LogP contribution in [0.5, 0.6) is 11.6 Å². The summed E-state index contributed by atoms with van der Waals surface area (Å²) >= 11 is 0. The lowest BCUT2D eigenvalue weighted by Gasteiger charge is -2.15. The van der Waals surface area contributed by atoms with Gasteiger partial charge < -0.3 is 14.6 Å². The van der Waals surface area contributed by atoms with E-state index in [-0.39, 0.29) is 5.41 Å². The maximum absolute atomic E-state index is 13.5. The van der Waals surface area contributed by atoms with E-state index in [9.17, 15) is 9.36 Å². The van der Waals surface area contributed by atoms with E-state index in [4.69, 9.17) is 14.4 Å². The lowest BCUT2D eigenvalue weighted by atomic mass is 9.92. The number of rotatable bonds is 10. The number of hydrogen-bond donors (Lipinski definition) is 2. The fourth-order valence-electron chi connectivity index (χ4n) is 5.37. The Balaban J connectivity index is 1.23. The van der Waals surface area contributed by atoms with Crippen LogP contribution in [0.25, 0.3) is 16.5 Å². The van der Waals surface area contributed by atoms with E-state index in [1.165, 1.54) is 0 Å². The molecule has 0 spiro atoms. The summed E-state index contributed by atoms with van der Waals surface area (Å²) in [6, 6.07) is 31.7. The molecule has 0 bridgehead atoms. The lowest BCUT2D eigenvalue weighted by Crippen LogP contribution is -2.21. The van der Waals surface area contributed by atoms with Crippen molar-refractivity contribution in [3.63, 3.8) is 0 Å². The van der Waals surface area contributed by atoms with Gasteiger partial charge in [0.25, 0.3) is 0 Å². The number of urea groups is 1. The largest absolute Gasteiger partial charge is 0.438 e. The van der Waals surface area contributed by atoms with Gasteiger partial charge in [-0.2, -0.15) is 10.1 Å². The molecule has 0 aliphatic carbocycles. The van der Waals surface area contributed by atoms with E-state index >= 15 is 0 Å². The van der Waals surface area contributed by atoms with Crippen LogP contribution in [0.4, 0.5) is 16.3 Å². The molecule has 4 aromatic carbocycles. The van der Waals surface area contributed by atoms with Gasteiger partial charge in [0.2, 0.25) is 13.2 Å². The number of benzene rings is 4. The van der Waals surface area contributed by atoms with E-state index < -0.39 is 13.4 Å². The van der Waals surface area contributed by atoms with Crippen molar-refractivity contribution in [3.8, 4) is 17.3 Å². The molecule has 0 aliphatic rings. The molecule has 49 heavy (non-hydrogen) atoms. The van der Waals surface area contributed by atoms with Crippen molar-refractivity contribution < 1.29 is 18.6 Å². The number of fused-ring (bicyclic) bond motifs is 1. The summed E-state index contributed by atoms with van der Waals surface area (Å²) in [5.74, 6) is 2.17. The summed E-state index contributed by atoms with van der Waals surface area (Å²) in [6.45, 7) is 9.96. The first-order valence-corrected chi connectivity index (χ1v) is 18.1. The third-order valence-electron chi connectivity index (χ3n) is 7.89. The Labute approximate surface area is 286 Å². The summed E-state index contributed by atoms with van der Waals surface area (Å²) < 4.78 is 26.4. The van der Waals surface area contributed by atoms with Gasteiger partial charge in [-0.3, -0.25) is 9.88 Å². The zero-order valence-electron chi connectivity index (χ0n) is 28.2. The zero-order chi connectivity index (χ0) is 34.6. The lowest BCUT2D eigenvalue weighted by molar-refractivity contribution is 0.262. The second-order valence-electron chi connectivity index (χ2n) is 12.7. The van der Waals surface area contributed by atoms with Crippen LogP contribution >= 0.6 is 7.37 Å². The van der Waals surface area contributed by atoms with Crippen LogP contribution in [0.15, 0.2) is 109 Å². The molecule has 250 valence electrons. The second-order valence-corrected chi connectivity index (χ2v) is 15.1. The van der Waals surface area contributed by atoms with Crippen LogP contribution in [-0.4, -0.2) is 39.1 Å². The highest BCUT2D eigenvalue weighted by Gasteiger charge is 2.23. The van der Waals surface area contributed by atoms with E-state index in [1.807, 2.05) is 85.8 Å². The molecule has 1 atom stereocenters. The molecule has 0 radical (unpaired) electrons. The molecule has 11 heteroatoms. The molecular weight excluding hydrogens is 635 g/mol. The van der Waals surface area contributed by atoms with Crippen LogP contribution in [0.2, 0.25) is 0 Å². The fraction of sp³-hybridized carbons (Fsp3) is 0.211. The van der Waals surface area contributed by atoms with Crippen molar-refractivity contribution in [2.24, 2.45) is 0 Å². The van der Waals surface area contributed by atoms with Crippen molar-refractivity contribution >= 4 is 41.0 Å². The van der Waals surface area contributed by atoms with E-state index in [0.717, 1.165) is 22.0 Å². The Morgan fingerprint density at radius 3 is 2.31 bits per heavy atom. The highest BCUT2D eigenvalue weighted by molar-refractivity contribution is 7.66. The van der Waals surface area contributed by atoms with Crippen LogP contribution in [-0.2, 0) is 20.9 Å². The molecule has 0 saturated heterocycles. The number of anilines is 2. The third kappa shape index (κ3) is 7.88. The van der Waals surface area contributed by atoms with Gasteiger partial charge in [-0.1, -0.05) is 75.4 Å². The average Bonchev–Trinajstić information content (AvgIpc) is 3.51. The molecule has 2 heterocycles. The van der Waals surface area contributed by atoms with Crippen molar-refractivity contribution in [2.75, 3.05) is 23.9 Å². The van der Waals surface area contributed by atoms with Gasteiger partial charge in [0.1, 0.15) is 17.4 Å². The molecule has 0 aliphatic heterocycles. The number of amides is 2. The van der Waals surface area contributed by atoms with Crippen LogP contribution in [0.1, 0.15) is 44.8 Å². The zero-order valence-corrected chi connectivity index (χ0v) is 29.1. The SMILES string of the molecule is CCOP(C)(=O)c1ccc(-n2nc(C(C)(C)C)cc2NC(=O)Nc2ccc(Oc3ccnc(Cc4ccccc4)n3)c3ccccc23)cc1. The molecular formula is C38H39N6O4P. The molecule has 6 rings (SSSR count). The van der Waals surface area contributed by atoms with Gasteiger partial charge in [-0.05, 0) is 48.9 Å². The highest BCUT2D eigenvalue weighted by atomic mass is 31.2. The molecule has 2 aromatic heterocycles. The van der Waals surface area contributed by atoms with Crippen LogP contribution in [0, 0.1) is 0 Å². The molecule has 2 amide bonds. The van der Waals surface area contributed by atoms with E-state index in [0.29, 0.717) is 53.0 Å². The van der Waals surface area contributed by atoms with Crippen molar-refractivity contribution in [1.29, 1.82) is 0 Å². The predicted molar refractivity (Wildman–Crippen MR) is 195 cm³/mol. The molecule has 0 saturated carbocycles. The maximum atomic E-state index is 13.5. The number of carbonyl (C=O) groups is 1. The fourth-order valence-corrected chi connectivity index (χ4v) is 6.70. The van der Waals surface area contributed by atoms with Gasteiger partial charge in [0.05, 0.1) is 23.7 Å². The molecule has 10 nitrogen and oxygen atoms in total. The van der Waals surface area contributed by atoms with Crippen LogP contribution in [0.3, 0.4) is 0 Å². The number of nitrogens with one attached hydrogen (secondary N) is 2. The Morgan fingerprint density at radius 1 is 0.878 bits per heavy atom. The topological polar surface area (TPSA) is 120 Å². The second kappa shape index (κ2) is 14.0. The average molecular weight is 675 g/mol. The molecule has 2 N–H and O–H groups in total. The van der Waals surface area contributed by atoms with Gasteiger partial charge in [0.15, 0.2) is 0 Å². The predicted octanol–water partition coefficient (Wildman–Crippen LogP) is 8.71. The third-order valence-corrected chi connectivity index (χ3v) is 9.88. The summed E-state index contributed by atoms with van der Waals surface area (Å²) in [6.07, 6.45) is 2.28. The smallest absolute Gasteiger partial charge is 0.324 e. The maximum Gasteiger partial charge on any atom is 0.324 e. The number of ether oxygens (including phenoxy) is 1. The van der Waals surface area contributed by atoms with Crippen LogP contribution < -0.4 is 20.7 Å². The monoisotopic (exact) mass is 674 g/mol. The first kappa shape index (κ1) is 33.6. The summed E-state index contributed by atoms with van der Waals surface area (Å²) in [7, 11) is -2.94. The Hall–Kier alpha value is -5.31. The van der Waals surface area contributed by atoms with Gasteiger partial charge >= 0.3 is 6.03 Å².